The Morgan fingerprint density at radius 2 is 2.00 bits per heavy atom. The molecule has 0 unspecified atom stereocenters. The van der Waals surface area contributed by atoms with Gasteiger partial charge in [0.05, 0.1) is 0 Å². The Balaban J connectivity index is 2.58. The number of hydrogen-bond donors (Lipinski definition) is 1. The van der Waals surface area contributed by atoms with Gasteiger partial charge in [0.1, 0.15) is 12.1 Å². The number of nitrogens with one attached hydrogen (secondary N) is 1. The first kappa shape index (κ1) is 10.3. The maximum absolute atomic E-state index is 13.5. The van der Waals surface area contributed by atoms with Gasteiger partial charge in [-0.05, 0) is 24.3 Å². The van der Waals surface area contributed by atoms with E-state index in [4.69, 9.17) is 0 Å². The quantitative estimate of drug-likeness (QED) is 0.782. The molecular formula is C12H8FNO2. The summed E-state index contributed by atoms with van der Waals surface area (Å²) in [6.07, 6.45) is 2.06. The lowest BCUT2D eigenvalue weighted by molar-refractivity contribution is 0.112. The standard InChI is InChI=1S/C12H8FNO2/c13-11-3-1-8(7-15)5-10(11)9-2-4-12(16)14-6-9/h1-7H,(H,14,16). The highest BCUT2D eigenvalue weighted by atomic mass is 19.1. The smallest absolute Gasteiger partial charge is 0.247 e. The molecule has 0 aliphatic rings. The molecule has 1 aromatic carbocycles. The van der Waals surface area contributed by atoms with Gasteiger partial charge in [-0.2, -0.15) is 0 Å². The van der Waals surface area contributed by atoms with E-state index in [-0.39, 0.29) is 5.56 Å². The zero-order valence-electron chi connectivity index (χ0n) is 8.24. The monoisotopic (exact) mass is 217 g/mol. The highest BCUT2D eigenvalue weighted by molar-refractivity contribution is 5.78. The number of H-pyrrole nitrogens is 1. The first-order valence-corrected chi connectivity index (χ1v) is 4.64. The zero-order valence-corrected chi connectivity index (χ0v) is 8.24. The van der Waals surface area contributed by atoms with E-state index in [0.29, 0.717) is 23.0 Å². The van der Waals surface area contributed by atoms with Crippen LogP contribution in [0.5, 0.6) is 0 Å². The number of carbonyl (C=O) groups excluding carboxylic acids is 1. The normalized spacial score (nSPS) is 10.1. The minimum Gasteiger partial charge on any atom is -0.328 e. The van der Waals surface area contributed by atoms with Gasteiger partial charge in [0.15, 0.2) is 0 Å². The van der Waals surface area contributed by atoms with Crippen molar-refractivity contribution in [2.24, 2.45) is 0 Å². The summed E-state index contributed by atoms with van der Waals surface area (Å²) in [7, 11) is 0. The minimum atomic E-state index is -0.433. The van der Waals surface area contributed by atoms with Gasteiger partial charge in [0, 0.05) is 29.0 Å². The van der Waals surface area contributed by atoms with Crippen molar-refractivity contribution < 1.29 is 9.18 Å². The fourth-order valence-corrected chi connectivity index (χ4v) is 1.42. The molecule has 0 radical (unpaired) electrons. The summed E-state index contributed by atoms with van der Waals surface area (Å²) in [6.45, 7) is 0. The van der Waals surface area contributed by atoms with Crippen molar-refractivity contribution >= 4 is 6.29 Å². The van der Waals surface area contributed by atoms with Crippen molar-refractivity contribution in [3.8, 4) is 11.1 Å². The second-order valence-corrected chi connectivity index (χ2v) is 3.30. The third-order valence-corrected chi connectivity index (χ3v) is 2.22. The molecule has 16 heavy (non-hydrogen) atoms. The second kappa shape index (κ2) is 4.10. The SMILES string of the molecule is O=Cc1ccc(F)c(-c2ccc(=O)[nH]c2)c1. The number of halogens is 1. The zero-order chi connectivity index (χ0) is 11.5. The number of aromatic amines is 1. The van der Waals surface area contributed by atoms with E-state index in [0.717, 1.165) is 0 Å². The van der Waals surface area contributed by atoms with Gasteiger partial charge >= 0.3 is 0 Å². The van der Waals surface area contributed by atoms with Crippen LogP contribution >= 0.6 is 0 Å². The second-order valence-electron chi connectivity index (χ2n) is 3.30. The lowest BCUT2D eigenvalue weighted by Crippen LogP contribution is -2.01. The molecule has 1 aromatic heterocycles. The molecule has 0 aliphatic carbocycles. The van der Waals surface area contributed by atoms with E-state index in [1.165, 1.54) is 36.5 Å². The van der Waals surface area contributed by atoms with Crippen LogP contribution in [0.3, 0.4) is 0 Å². The maximum atomic E-state index is 13.5. The van der Waals surface area contributed by atoms with Gasteiger partial charge in [-0.25, -0.2) is 4.39 Å². The van der Waals surface area contributed by atoms with Crippen LogP contribution in [-0.2, 0) is 0 Å². The van der Waals surface area contributed by atoms with Crippen LogP contribution < -0.4 is 5.56 Å². The fourth-order valence-electron chi connectivity index (χ4n) is 1.42. The number of hydrogen-bond acceptors (Lipinski definition) is 2. The van der Waals surface area contributed by atoms with E-state index in [1.54, 1.807) is 0 Å². The van der Waals surface area contributed by atoms with E-state index < -0.39 is 5.82 Å². The molecule has 4 heteroatoms. The van der Waals surface area contributed by atoms with Crippen molar-refractivity contribution in [2.45, 2.75) is 0 Å². The van der Waals surface area contributed by atoms with E-state index >= 15 is 0 Å². The molecular weight excluding hydrogens is 209 g/mol. The van der Waals surface area contributed by atoms with Crippen molar-refractivity contribution in [1.29, 1.82) is 0 Å². The van der Waals surface area contributed by atoms with Crippen molar-refractivity contribution in [2.75, 3.05) is 0 Å². The van der Waals surface area contributed by atoms with Crippen LogP contribution in [0, 0.1) is 5.82 Å². The van der Waals surface area contributed by atoms with Gasteiger partial charge in [-0.3, -0.25) is 9.59 Å². The summed E-state index contributed by atoms with van der Waals surface area (Å²) in [4.78, 5) is 23.9. The van der Waals surface area contributed by atoms with Crippen LogP contribution in [0.25, 0.3) is 11.1 Å². The summed E-state index contributed by atoms with van der Waals surface area (Å²) >= 11 is 0. The molecule has 2 rings (SSSR count). The molecule has 0 aliphatic heterocycles. The van der Waals surface area contributed by atoms with Crippen LogP contribution in [-0.4, -0.2) is 11.3 Å². The first-order valence-electron chi connectivity index (χ1n) is 4.64. The topological polar surface area (TPSA) is 49.9 Å². The van der Waals surface area contributed by atoms with Gasteiger partial charge in [-0.15, -0.1) is 0 Å². The third-order valence-electron chi connectivity index (χ3n) is 2.22. The number of pyridine rings is 1. The molecule has 0 amide bonds. The van der Waals surface area contributed by atoms with Gasteiger partial charge in [0.25, 0.3) is 0 Å². The fraction of sp³-hybridized carbons (Fsp3) is 0. The summed E-state index contributed by atoms with van der Waals surface area (Å²) in [5.74, 6) is -0.433. The lowest BCUT2D eigenvalue weighted by Gasteiger charge is -2.03. The molecule has 2 aromatic rings. The molecule has 0 bridgehead atoms. The Labute approximate surface area is 90.6 Å². The molecule has 80 valence electrons. The summed E-state index contributed by atoms with van der Waals surface area (Å²) in [6, 6.07) is 6.88. The van der Waals surface area contributed by atoms with E-state index in [1.807, 2.05) is 0 Å². The Hall–Kier alpha value is -2.23. The van der Waals surface area contributed by atoms with Gasteiger partial charge in [0.2, 0.25) is 5.56 Å². The Bertz CT molecular complexity index is 569. The highest BCUT2D eigenvalue weighted by Gasteiger charge is 2.05. The molecule has 0 atom stereocenters. The van der Waals surface area contributed by atoms with Crippen LogP contribution in [0.2, 0.25) is 0 Å². The predicted molar refractivity (Wildman–Crippen MR) is 57.8 cm³/mol. The number of benzene rings is 1. The van der Waals surface area contributed by atoms with E-state index in [9.17, 15) is 14.0 Å². The van der Waals surface area contributed by atoms with Crippen LogP contribution in [0.1, 0.15) is 10.4 Å². The lowest BCUT2D eigenvalue weighted by atomic mass is 10.0. The average Bonchev–Trinajstić information content (AvgIpc) is 2.31. The van der Waals surface area contributed by atoms with Crippen LogP contribution in [0.4, 0.5) is 4.39 Å². The summed E-state index contributed by atoms with van der Waals surface area (Å²) in [5, 5.41) is 0. The molecule has 0 saturated heterocycles. The molecule has 1 N–H and O–H groups in total. The Morgan fingerprint density at radius 1 is 1.19 bits per heavy atom. The number of aldehydes is 1. The number of aromatic nitrogens is 1. The predicted octanol–water partition coefficient (Wildman–Crippen LogP) is 1.99. The molecule has 3 nitrogen and oxygen atoms in total. The molecule has 0 saturated carbocycles. The maximum Gasteiger partial charge on any atom is 0.247 e. The molecule has 0 fully saturated rings. The number of carbonyl (C=O) groups is 1. The Kier molecular flexibility index (Phi) is 2.64. The van der Waals surface area contributed by atoms with Crippen molar-refractivity contribution in [3.05, 3.63) is 58.3 Å². The van der Waals surface area contributed by atoms with Gasteiger partial charge in [-0.1, -0.05) is 0 Å². The largest absolute Gasteiger partial charge is 0.328 e. The summed E-state index contributed by atoms with van der Waals surface area (Å²) < 4.78 is 13.5. The molecule has 0 spiro atoms. The van der Waals surface area contributed by atoms with Crippen molar-refractivity contribution in [1.82, 2.24) is 4.98 Å². The molecule has 1 heterocycles. The van der Waals surface area contributed by atoms with Crippen molar-refractivity contribution in [3.63, 3.8) is 0 Å². The van der Waals surface area contributed by atoms with Crippen LogP contribution in [0.15, 0.2) is 41.3 Å². The first-order chi connectivity index (χ1) is 7.70. The van der Waals surface area contributed by atoms with E-state index in [2.05, 4.69) is 4.98 Å². The summed E-state index contributed by atoms with van der Waals surface area (Å²) in [5.41, 5.74) is 0.958. The highest BCUT2D eigenvalue weighted by Crippen LogP contribution is 2.21. The minimum absolute atomic E-state index is 0.254. The third kappa shape index (κ3) is 1.91. The Morgan fingerprint density at radius 3 is 2.62 bits per heavy atom. The number of rotatable bonds is 2. The van der Waals surface area contributed by atoms with Gasteiger partial charge < -0.3 is 4.98 Å². The average molecular weight is 217 g/mol.